The van der Waals surface area contributed by atoms with Crippen molar-refractivity contribution >= 4 is 0 Å². The number of benzene rings is 3. The first kappa shape index (κ1) is 19.4. The summed E-state index contributed by atoms with van der Waals surface area (Å²) < 4.78 is 0. The number of aliphatic hydroxyl groups is 1. The molecule has 140 valence electrons. The van der Waals surface area contributed by atoms with Crippen molar-refractivity contribution in [2.24, 2.45) is 0 Å². The molecular formula is C26H30O. The Morgan fingerprint density at radius 3 is 1.74 bits per heavy atom. The molecule has 27 heavy (non-hydrogen) atoms. The molecule has 1 nitrogen and oxygen atoms in total. The van der Waals surface area contributed by atoms with Crippen LogP contribution in [0.3, 0.4) is 0 Å². The maximum absolute atomic E-state index is 10.6. The average molecular weight is 359 g/mol. The molecule has 0 spiro atoms. The number of aryl methyl sites for hydroxylation is 2. The van der Waals surface area contributed by atoms with Crippen LogP contribution in [0, 0.1) is 13.8 Å². The smallest absolute Gasteiger partial charge is 0.0846 e. The van der Waals surface area contributed by atoms with Crippen LogP contribution in [0.15, 0.2) is 60.7 Å². The summed E-state index contributed by atoms with van der Waals surface area (Å²) in [5, 5.41) is 10.6. The lowest BCUT2D eigenvalue weighted by molar-refractivity contribution is 0.0792. The second-order valence-corrected chi connectivity index (χ2v) is 8.33. The van der Waals surface area contributed by atoms with Crippen LogP contribution >= 0.6 is 0 Å². The number of rotatable bonds is 4. The van der Waals surface area contributed by atoms with Crippen LogP contribution in [-0.4, -0.2) is 5.11 Å². The number of hydrogen-bond donors (Lipinski definition) is 1. The molecule has 0 amide bonds. The monoisotopic (exact) mass is 358 g/mol. The van der Waals surface area contributed by atoms with Crippen LogP contribution in [0.25, 0.3) is 22.3 Å². The Kier molecular flexibility index (Phi) is 5.26. The highest BCUT2D eigenvalue weighted by atomic mass is 16.3. The Morgan fingerprint density at radius 2 is 1.19 bits per heavy atom. The van der Waals surface area contributed by atoms with Crippen molar-refractivity contribution in [1.82, 2.24) is 0 Å². The summed E-state index contributed by atoms with van der Waals surface area (Å²) in [4.78, 5) is 0. The molecule has 1 heteroatoms. The normalized spacial score (nSPS) is 11.9. The highest BCUT2D eigenvalue weighted by molar-refractivity contribution is 5.79. The van der Waals surface area contributed by atoms with Crippen LogP contribution in [0.1, 0.15) is 55.9 Å². The van der Waals surface area contributed by atoms with Crippen molar-refractivity contribution in [2.45, 2.75) is 53.1 Å². The van der Waals surface area contributed by atoms with Gasteiger partial charge in [-0.25, -0.2) is 0 Å². The van der Waals surface area contributed by atoms with Gasteiger partial charge in [-0.05, 0) is 78.1 Å². The van der Waals surface area contributed by atoms with E-state index in [4.69, 9.17) is 0 Å². The highest BCUT2D eigenvalue weighted by Crippen LogP contribution is 2.38. The third-order valence-corrected chi connectivity index (χ3v) is 5.32. The molecule has 0 bridgehead atoms. The SMILES string of the molecule is Cc1cc(-c2ccccc2C(C)(C)O)c(C)cc1-c1ccccc1C(C)C. The van der Waals surface area contributed by atoms with E-state index in [9.17, 15) is 5.11 Å². The first-order valence-corrected chi connectivity index (χ1v) is 9.73. The summed E-state index contributed by atoms with van der Waals surface area (Å²) in [5.74, 6) is 0.483. The average Bonchev–Trinajstić information content (AvgIpc) is 2.62. The van der Waals surface area contributed by atoms with Crippen molar-refractivity contribution in [3.63, 3.8) is 0 Å². The second-order valence-electron chi connectivity index (χ2n) is 8.33. The van der Waals surface area contributed by atoms with Crippen molar-refractivity contribution in [3.05, 3.63) is 82.9 Å². The summed E-state index contributed by atoms with van der Waals surface area (Å²) in [5.41, 5.74) is 8.86. The van der Waals surface area contributed by atoms with Gasteiger partial charge >= 0.3 is 0 Å². The summed E-state index contributed by atoms with van der Waals surface area (Å²) in [6, 6.07) is 21.4. The quantitative estimate of drug-likeness (QED) is 0.533. The highest BCUT2D eigenvalue weighted by Gasteiger charge is 2.21. The van der Waals surface area contributed by atoms with Crippen molar-refractivity contribution in [3.8, 4) is 22.3 Å². The zero-order valence-electron chi connectivity index (χ0n) is 17.3. The van der Waals surface area contributed by atoms with E-state index in [0.717, 1.165) is 11.1 Å². The van der Waals surface area contributed by atoms with Crippen LogP contribution in [0.4, 0.5) is 0 Å². The van der Waals surface area contributed by atoms with E-state index in [1.807, 2.05) is 32.0 Å². The van der Waals surface area contributed by atoms with Crippen LogP contribution < -0.4 is 0 Å². The van der Waals surface area contributed by atoms with Crippen LogP contribution in [0.5, 0.6) is 0 Å². The van der Waals surface area contributed by atoms with Gasteiger partial charge in [-0.1, -0.05) is 74.5 Å². The first-order chi connectivity index (χ1) is 12.7. The van der Waals surface area contributed by atoms with Gasteiger partial charge in [0.1, 0.15) is 0 Å². The molecule has 0 aliphatic carbocycles. The standard InChI is InChI=1S/C26H30O/c1-17(2)20-11-7-8-12-21(20)23-15-19(4)24(16-18(23)3)22-13-9-10-14-25(22)26(5,6)27/h7-17,27H,1-6H3. The molecule has 0 saturated carbocycles. The molecule has 0 unspecified atom stereocenters. The fourth-order valence-electron chi connectivity index (χ4n) is 3.89. The van der Waals surface area contributed by atoms with Gasteiger partial charge in [0.15, 0.2) is 0 Å². The van der Waals surface area contributed by atoms with E-state index < -0.39 is 5.60 Å². The topological polar surface area (TPSA) is 20.2 Å². The molecule has 3 rings (SSSR count). The minimum absolute atomic E-state index is 0.483. The predicted molar refractivity (Wildman–Crippen MR) is 116 cm³/mol. The van der Waals surface area contributed by atoms with E-state index in [1.165, 1.54) is 33.4 Å². The lowest BCUT2D eigenvalue weighted by Crippen LogP contribution is -2.16. The number of hydrogen-bond acceptors (Lipinski definition) is 1. The molecule has 0 aliphatic heterocycles. The Bertz CT molecular complexity index is 958. The Labute approximate surface area is 163 Å². The van der Waals surface area contributed by atoms with Gasteiger partial charge in [0, 0.05) is 0 Å². The molecule has 0 saturated heterocycles. The molecule has 0 fully saturated rings. The summed E-state index contributed by atoms with van der Waals surface area (Å²) >= 11 is 0. The van der Waals surface area contributed by atoms with Crippen LogP contribution in [0.2, 0.25) is 0 Å². The molecule has 3 aromatic carbocycles. The van der Waals surface area contributed by atoms with E-state index in [2.05, 4.69) is 70.2 Å². The lowest BCUT2D eigenvalue weighted by atomic mass is 9.84. The van der Waals surface area contributed by atoms with E-state index in [-0.39, 0.29) is 0 Å². The van der Waals surface area contributed by atoms with Gasteiger partial charge in [0.2, 0.25) is 0 Å². The Morgan fingerprint density at radius 1 is 0.704 bits per heavy atom. The molecule has 0 atom stereocenters. The third-order valence-electron chi connectivity index (χ3n) is 5.32. The molecule has 0 aliphatic rings. The fraction of sp³-hybridized carbons (Fsp3) is 0.308. The largest absolute Gasteiger partial charge is 0.386 e. The summed E-state index contributed by atoms with van der Waals surface area (Å²) in [7, 11) is 0. The van der Waals surface area contributed by atoms with Gasteiger partial charge in [-0.2, -0.15) is 0 Å². The maximum Gasteiger partial charge on any atom is 0.0846 e. The zero-order valence-corrected chi connectivity index (χ0v) is 17.3. The molecule has 0 aromatic heterocycles. The minimum Gasteiger partial charge on any atom is -0.386 e. The molecule has 1 N–H and O–H groups in total. The van der Waals surface area contributed by atoms with Gasteiger partial charge in [0.25, 0.3) is 0 Å². The van der Waals surface area contributed by atoms with E-state index >= 15 is 0 Å². The van der Waals surface area contributed by atoms with Crippen molar-refractivity contribution in [2.75, 3.05) is 0 Å². The van der Waals surface area contributed by atoms with Crippen molar-refractivity contribution in [1.29, 1.82) is 0 Å². The first-order valence-electron chi connectivity index (χ1n) is 9.73. The second kappa shape index (κ2) is 7.32. The Balaban J connectivity index is 2.19. The molecule has 0 radical (unpaired) electrons. The Hall–Kier alpha value is -2.38. The predicted octanol–water partition coefficient (Wildman–Crippen LogP) is 6.99. The van der Waals surface area contributed by atoms with Crippen LogP contribution in [-0.2, 0) is 5.60 Å². The molecule has 0 heterocycles. The summed E-state index contributed by atoms with van der Waals surface area (Å²) in [6.07, 6.45) is 0. The van der Waals surface area contributed by atoms with Gasteiger partial charge in [-0.3, -0.25) is 0 Å². The zero-order chi connectivity index (χ0) is 19.8. The molecule has 3 aromatic rings. The van der Waals surface area contributed by atoms with Crippen molar-refractivity contribution < 1.29 is 5.11 Å². The van der Waals surface area contributed by atoms with Gasteiger partial charge in [-0.15, -0.1) is 0 Å². The maximum atomic E-state index is 10.6. The van der Waals surface area contributed by atoms with Gasteiger partial charge < -0.3 is 5.11 Å². The van der Waals surface area contributed by atoms with E-state index in [1.54, 1.807) is 0 Å². The summed E-state index contributed by atoms with van der Waals surface area (Å²) in [6.45, 7) is 12.5. The third kappa shape index (κ3) is 3.84. The minimum atomic E-state index is -0.875. The molecular weight excluding hydrogens is 328 g/mol. The van der Waals surface area contributed by atoms with Gasteiger partial charge in [0.05, 0.1) is 5.60 Å². The van der Waals surface area contributed by atoms with E-state index in [0.29, 0.717) is 5.92 Å². The fourth-order valence-corrected chi connectivity index (χ4v) is 3.89. The lowest BCUT2D eigenvalue weighted by Gasteiger charge is -2.23.